The van der Waals surface area contributed by atoms with Crippen LogP contribution in [0.3, 0.4) is 0 Å². The summed E-state index contributed by atoms with van der Waals surface area (Å²) in [7, 11) is 0. The first-order valence-corrected chi connectivity index (χ1v) is 9.58. The van der Waals surface area contributed by atoms with Crippen molar-refractivity contribution in [1.29, 1.82) is 0 Å². The van der Waals surface area contributed by atoms with Crippen LogP contribution in [0.2, 0.25) is 0 Å². The van der Waals surface area contributed by atoms with Gasteiger partial charge in [0.15, 0.2) is 23.8 Å². The minimum Gasteiger partial charge on any atom is -0.454 e. The van der Waals surface area contributed by atoms with Crippen molar-refractivity contribution < 1.29 is 24.4 Å². The Kier molecular flexibility index (Phi) is 5.18. The van der Waals surface area contributed by atoms with Crippen molar-refractivity contribution in [2.75, 3.05) is 18.7 Å². The monoisotopic (exact) mass is 391 g/mol. The standard InChI is InChI=1S/C23H22N2O4/c1-14(17-9-5-7-16-6-3-4-8-18(16)17)24-12-23(27)25-20-11-22-21(28-13-29-22)10-19(20)15(2)26/h3-11,14,24H,12-13H2,1-2H3,(H,25,27)/p+1/t14-/m0/s1. The molecule has 148 valence electrons. The lowest BCUT2D eigenvalue weighted by Gasteiger charge is -2.14. The van der Waals surface area contributed by atoms with Crippen LogP contribution in [0.25, 0.3) is 10.8 Å². The van der Waals surface area contributed by atoms with Crippen LogP contribution in [0.4, 0.5) is 5.69 Å². The van der Waals surface area contributed by atoms with Gasteiger partial charge in [-0.2, -0.15) is 0 Å². The van der Waals surface area contributed by atoms with Gasteiger partial charge in [0.25, 0.3) is 5.91 Å². The first-order chi connectivity index (χ1) is 14.0. The van der Waals surface area contributed by atoms with Gasteiger partial charge in [0.05, 0.1) is 5.69 Å². The van der Waals surface area contributed by atoms with E-state index in [0.29, 0.717) is 22.7 Å². The Morgan fingerprint density at radius 1 is 1.07 bits per heavy atom. The third-order valence-electron chi connectivity index (χ3n) is 5.14. The Labute approximate surface area is 168 Å². The average Bonchev–Trinajstić information content (AvgIpc) is 3.18. The molecule has 1 amide bonds. The summed E-state index contributed by atoms with van der Waals surface area (Å²) in [6.07, 6.45) is 0. The predicted molar refractivity (Wildman–Crippen MR) is 110 cm³/mol. The fourth-order valence-electron chi connectivity index (χ4n) is 3.60. The molecular formula is C23H23N2O4+. The van der Waals surface area contributed by atoms with Gasteiger partial charge in [-0.15, -0.1) is 0 Å². The van der Waals surface area contributed by atoms with E-state index in [9.17, 15) is 9.59 Å². The summed E-state index contributed by atoms with van der Waals surface area (Å²) in [5, 5.41) is 7.19. The smallest absolute Gasteiger partial charge is 0.279 e. The van der Waals surface area contributed by atoms with Crippen molar-refractivity contribution in [1.82, 2.24) is 0 Å². The predicted octanol–water partition coefficient (Wildman–Crippen LogP) is 3.03. The fourth-order valence-corrected chi connectivity index (χ4v) is 3.60. The Morgan fingerprint density at radius 2 is 1.79 bits per heavy atom. The molecule has 3 aromatic carbocycles. The quantitative estimate of drug-likeness (QED) is 0.633. The molecule has 0 aliphatic carbocycles. The number of hydrogen-bond acceptors (Lipinski definition) is 4. The molecule has 0 saturated heterocycles. The molecule has 4 rings (SSSR count). The lowest BCUT2D eigenvalue weighted by molar-refractivity contribution is -0.682. The molecule has 0 aromatic heterocycles. The molecule has 0 saturated carbocycles. The second-order valence-corrected chi connectivity index (χ2v) is 7.15. The largest absolute Gasteiger partial charge is 0.454 e. The first-order valence-electron chi connectivity index (χ1n) is 9.58. The van der Waals surface area contributed by atoms with E-state index < -0.39 is 0 Å². The van der Waals surface area contributed by atoms with Crippen molar-refractivity contribution in [2.45, 2.75) is 19.9 Å². The van der Waals surface area contributed by atoms with Crippen LogP contribution in [0.5, 0.6) is 11.5 Å². The molecule has 29 heavy (non-hydrogen) atoms. The van der Waals surface area contributed by atoms with Gasteiger partial charge in [-0.25, -0.2) is 0 Å². The van der Waals surface area contributed by atoms with Crippen LogP contribution in [-0.4, -0.2) is 25.0 Å². The summed E-state index contributed by atoms with van der Waals surface area (Å²) in [6, 6.07) is 17.8. The molecule has 1 aliphatic rings. The molecule has 3 N–H and O–H groups in total. The molecule has 1 aliphatic heterocycles. The second kappa shape index (κ2) is 7.93. The Balaban J connectivity index is 1.46. The highest BCUT2D eigenvalue weighted by atomic mass is 16.7. The number of ketones is 1. The molecule has 1 atom stereocenters. The van der Waals surface area contributed by atoms with Gasteiger partial charge in [0.1, 0.15) is 6.04 Å². The normalized spacial score (nSPS) is 13.3. The number of carbonyl (C=O) groups is 2. The van der Waals surface area contributed by atoms with E-state index >= 15 is 0 Å². The summed E-state index contributed by atoms with van der Waals surface area (Å²) in [6.45, 7) is 3.88. The molecule has 6 nitrogen and oxygen atoms in total. The van der Waals surface area contributed by atoms with E-state index in [1.807, 2.05) is 23.5 Å². The number of benzene rings is 3. The van der Waals surface area contributed by atoms with Crippen LogP contribution in [0, 0.1) is 0 Å². The first kappa shape index (κ1) is 19.0. The van der Waals surface area contributed by atoms with Gasteiger partial charge in [-0.3, -0.25) is 9.59 Å². The molecule has 0 spiro atoms. The molecule has 0 fully saturated rings. The van der Waals surface area contributed by atoms with E-state index in [0.717, 1.165) is 0 Å². The number of amides is 1. The van der Waals surface area contributed by atoms with Crippen molar-refractivity contribution in [3.05, 3.63) is 65.7 Å². The number of carbonyl (C=O) groups excluding carboxylic acids is 2. The second-order valence-electron chi connectivity index (χ2n) is 7.15. The number of hydrogen-bond donors (Lipinski definition) is 2. The van der Waals surface area contributed by atoms with Crippen LogP contribution in [0.15, 0.2) is 54.6 Å². The Morgan fingerprint density at radius 3 is 2.59 bits per heavy atom. The zero-order chi connectivity index (χ0) is 20.4. The maximum atomic E-state index is 12.6. The Hall–Kier alpha value is -3.38. The summed E-state index contributed by atoms with van der Waals surface area (Å²) in [5.41, 5.74) is 2.03. The summed E-state index contributed by atoms with van der Waals surface area (Å²) < 4.78 is 10.7. The van der Waals surface area contributed by atoms with Gasteiger partial charge in [0.2, 0.25) is 6.79 Å². The lowest BCUT2D eigenvalue weighted by Crippen LogP contribution is -2.86. The summed E-state index contributed by atoms with van der Waals surface area (Å²) >= 11 is 0. The average molecular weight is 391 g/mol. The van der Waals surface area contributed by atoms with Gasteiger partial charge in [-0.05, 0) is 30.7 Å². The molecule has 0 radical (unpaired) electrons. The van der Waals surface area contributed by atoms with Gasteiger partial charge >= 0.3 is 0 Å². The SMILES string of the molecule is CC(=O)c1cc2c(cc1NC(=O)C[NH2+][C@@H](C)c1cccc3ccccc13)OCO2. The van der Waals surface area contributed by atoms with E-state index in [1.54, 1.807) is 12.1 Å². The molecule has 6 heteroatoms. The minimum absolute atomic E-state index is 0.107. The van der Waals surface area contributed by atoms with Crippen molar-refractivity contribution in [2.24, 2.45) is 0 Å². The molecule has 0 bridgehead atoms. The number of fused-ring (bicyclic) bond motifs is 2. The fraction of sp³-hybridized carbons (Fsp3) is 0.217. The molecule has 1 heterocycles. The number of Topliss-reactive ketones (excluding diaryl/α,β-unsaturated/α-hetero) is 1. The van der Waals surface area contributed by atoms with Crippen LogP contribution >= 0.6 is 0 Å². The highest BCUT2D eigenvalue weighted by Crippen LogP contribution is 2.37. The van der Waals surface area contributed by atoms with Crippen LogP contribution in [-0.2, 0) is 4.79 Å². The third kappa shape index (κ3) is 3.93. The van der Waals surface area contributed by atoms with Gasteiger partial charge in [0, 0.05) is 17.2 Å². The maximum Gasteiger partial charge on any atom is 0.279 e. The van der Waals surface area contributed by atoms with Gasteiger partial charge < -0.3 is 20.1 Å². The highest BCUT2D eigenvalue weighted by Gasteiger charge is 2.21. The van der Waals surface area contributed by atoms with Crippen molar-refractivity contribution in [3.8, 4) is 11.5 Å². The topological polar surface area (TPSA) is 81.2 Å². The van der Waals surface area contributed by atoms with E-state index in [-0.39, 0.29) is 31.1 Å². The van der Waals surface area contributed by atoms with Crippen LogP contribution in [0.1, 0.15) is 35.8 Å². The minimum atomic E-state index is -0.182. The van der Waals surface area contributed by atoms with Gasteiger partial charge in [-0.1, -0.05) is 42.5 Å². The highest BCUT2D eigenvalue weighted by molar-refractivity contribution is 6.04. The number of rotatable bonds is 6. The van der Waals surface area contributed by atoms with Crippen LogP contribution < -0.4 is 20.1 Å². The van der Waals surface area contributed by atoms with E-state index in [4.69, 9.17) is 9.47 Å². The van der Waals surface area contributed by atoms with E-state index in [2.05, 4.69) is 36.5 Å². The molecule has 3 aromatic rings. The third-order valence-corrected chi connectivity index (χ3v) is 5.14. The maximum absolute atomic E-state index is 12.6. The number of ether oxygens (including phenoxy) is 2. The molecule has 0 unspecified atom stereocenters. The Bertz CT molecular complexity index is 1090. The number of quaternary nitrogens is 1. The van der Waals surface area contributed by atoms with Crippen molar-refractivity contribution >= 4 is 28.2 Å². The van der Waals surface area contributed by atoms with Crippen molar-refractivity contribution in [3.63, 3.8) is 0 Å². The summed E-state index contributed by atoms with van der Waals surface area (Å²) in [4.78, 5) is 24.5. The lowest BCUT2D eigenvalue weighted by atomic mass is 10.00. The number of nitrogens with two attached hydrogens (primary N) is 1. The number of nitrogens with one attached hydrogen (secondary N) is 1. The summed E-state index contributed by atoms with van der Waals surface area (Å²) in [5.74, 6) is 0.716. The zero-order valence-corrected chi connectivity index (χ0v) is 16.4. The zero-order valence-electron chi connectivity index (χ0n) is 16.4. The van der Waals surface area contributed by atoms with E-state index in [1.165, 1.54) is 23.3 Å². The number of anilines is 1. The molecular weight excluding hydrogens is 368 g/mol.